The van der Waals surface area contributed by atoms with Crippen LogP contribution in [0.5, 0.6) is 11.5 Å². The number of hydrogen-bond donors (Lipinski definition) is 2. The Morgan fingerprint density at radius 1 is 0.683 bits per heavy atom. The molecule has 2 saturated heterocycles. The highest BCUT2D eigenvalue weighted by atomic mass is 32.2. The summed E-state index contributed by atoms with van der Waals surface area (Å²) in [6.45, 7) is 12.3. The Labute approximate surface area is 243 Å². The lowest BCUT2D eigenvalue weighted by Crippen LogP contribution is -2.48. The molecule has 0 unspecified atom stereocenters. The van der Waals surface area contributed by atoms with E-state index in [1.54, 1.807) is 24.3 Å². The highest BCUT2D eigenvalue weighted by Crippen LogP contribution is 2.25. The number of β-amino-alcohol motifs (C(OH)–C–C–N with tert-alkyl or cyclic N) is 2. The number of sulfone groups is 1. The number of ether oxygens (including phenoxy) is 4. The van der Waals surface area contributed by atoms with Gasteiger partial charge >= 0.3 is 0 Å². The summed E-state index contributed by atoms with van der Waals surface area (Å²) in [5.74, 6) is 0.963. The van der Waals surface area contributed by atoms with Crippen LogP contribution in [-0.4, -0.2) is 118 Å². The van der Waals surface area contributed by atoms with E-state index in [0.29, 0.717) is 24.6 Å². The van der Waals surface area contributed by atoms with Crippen molar-refractivity contribution in [2.24, 2.45) is 0 Å². The van der Waals surface area contributed by atoms with Gasteiger partial charge in [-0.25, -0.2) is 8.42 Å². The molecule has 0 radical (unpaired) electrons. The third-order valence-corrected chi connectivity index (χ3v) is 8.87. The average molecular weight is 593 g/mol. The second-order valence-corrected chi connectivity index (χ2v) is 13.3. The topological polar surface area (TPSA) is 118 Å². The molecule has 11 heteroatoms. The average Bonchev–Trinajstić information content (AvgIpc) is 2.90. The smallest absolute Gasteiger partial charge is 0.206 e. The van der Waals surface area contributed by atoms with E-state index in [0.717, 1.165) is 26.2 Å². The third-order valence-electron chi connectivity index (χ3n) is 7.08. The molecule has 2 N–H and O–H groups in total. The minimum atomic E-state index is -3.74. The lowest BCUT2D eigenvalue weighted by molar-refractivity contribution is -0.0789. The van der Waals surface area contributed by atoms with E-state index in [-0.39, 0.29) is 47.4 Å². The number of aliphatic hydroxyl groups is 2. The molecule has 0 aromatic heterocycles. The number of nitrogens with zero attached hydrogens (tertiary/aromatic N) is 2. The van der Waals surface area contributed by atoms with Gasteiger partial charge in [-0.2, -0.15) is 0 Å². The molecule has 2 fully saturated rings. The van der Waals surface area contributed by atoms with Gasteiger partial charge in [-0.1, -0.05) is 0 Å². The lowest BCUT2D eigenvalue weighted by Gasteiger charge is -2.36. The van der Waals surface area contributed by atoms with Crippen LogP contribution in [0.4, 0.5) is 0 Å². The Kier molecular flexibility index (Phi) is 11.0. The van der Waals surface area contributed by atoms with Crippen molar-refractivity contribution in [3.8, 4) is 11.5 Å². The molecule has 41 heavy (non-hydrogen) atoms. The first-order valence-electron chi connectivity index (χ1n) is 14.3. The lowest BCUT2D eigenvalue weighted by atomic mass is 10.2. The standard InChI is InChI=1S/C30H44N2O8S/c1-21-13-31(14-22(2)39-21)17-25(33)19-37-27-5-9-29(10-6-27)41(35,36)30-11-7-28(8-12-30)38-20-26(34)18-32-15-23(3)40-24(4)16-32/h5-12,21-26,33-34H,13-20H2,1-4H3/t21-,22-,23-,24+,25+,26-/m1/s1. The van der Waals surface area contributed by atoms with Crippen molar-refractivity contribution < 1.29 is 37.6 Å². The molecule has 2 aromatic carbocycles. The van der Waals surface area contributed by atoms with E-state index >= 15 is 0 Å². The molecule has 0 spiro atoms. The van der Waals surface area contributed by atoms with Gasteiger partial charge in [0.15, 0.2) is 0 Å². The maximum Gasteiger partial charge on any atom is 0.206 e. The minimum absolute atomic E-state index is 0.104. The van der Waals surface area contributed by atoms with Crippen LogP contribution in [0, 0.1) is 0 Å². The Hall–Kier alpha value is -2.25. The Balaban J connectivity index is 1.24. The number of hydrogen-bond acceptors (Lipinski definition) is 10. The summed E-state index contributed by atoms with van der Waals surface area (Å²) in [7, 11) is -3.74. The second kappa shape index (κ2) is 14.3. The summed E-state index contributed by atoms with van der Waals surface area (Å²) in [5, 5.41) is 20.8. The molecule has 0 saturated carbocycles. The van der Waals surface area contributed by atoms with E-state index in [9.17, 15) is 18.6 Å². The van der Waals surface area contributed by atoms with E-state index in [1.807, 2.05) is 27.7 Å². The normalized spacial score (nSPS) is 25.9. The fraction of sp³-hybridized carbons (Fsp3) is 0.600. The largest absolute Gasteiger partial charge is 0.491 e. The fourth-order valence-corrected chi connectivity index (χ4v) is 6.78. The summed E-state index contributed by atoms with van der Waals surface area (Å²) >= 11 is 0. The van der Waals surface area contributed by atoms with Crippen LogP contribution in [0.3, 0.4) is 0 Å². The number of aliphatic hydroxyl groups excluding tert-OH is 2. The predicted octanol–water partition coefficient (Wildman–Crippen LogP) is 2.22. The maximum atomic E-state index is 13.1. The van der Waals surface area contributed by atoms with Crippen LogP contribution in [0.25, 0.3) is 0 Å². The van der Waals surface area contributed by atoms with Gasteiger partial charge in [-0.05, 0) is 76.2 Å². The molecule has 10 nitrogen and oxygen atoms in total. The highest BCUT2D eigenvalue weighted by Gasteiger charge is 2.25. The van der Waals surface area contributed by atoms with Crippen LogP contribution in [-0.2, 0) is 19.3 Å². The predicted molar refractivity (Wildman–Crippen MR) is 154 cm³/mol. The zero-order valence-electron chi connectivity index (χ0n) is 24.4. The summed E-state index contributed by atoms with van der Waals surface area (Å²) < 4.78 is 49.2. The molecule has 0 bridgehead atoms. The van der Waals surface area contributed by atoms with Gasteiger partial charge < -0.3 is 29.2 Å². The van der Waals surface area contributed by atoms with Crippen molar-refractivity contribution in [2.45, 2.75) is 74.1 Å². The van der Waals surface area contributed by atoms with Gasteiger partial charge in [0.05, 0.1) is 34.2 Å². The van der Waals surface area contributed by atoms with E-state index in [2.05, 4.69) is 9.80 Å². The third kappa shape index (κ3) is 9.37. The van der Waals surface area contributed by atoms with Gasteiger partial charge in [0.1, 0.15) is 36.9 Å². The van der Waals surface area contributed by atoms with Crippen LogP contribution >= 0.6 is 0 Å². The van der Waals surface area contributed by atoms with Gasteiger partial charge in [0.2, 0.25) is 9.84 Å². The van der Waals surface area contributed by atoms with Crippen LogP contribution < -0.4 is 9.47 Å². The first kappa shape index (κ1) is 31.7. The minimum Gasteiger partial charge on any atom is -0.491 e. The molecule has 2 aliphatic rings. The zero-order valence-corrected chi connectivity index (χ0v) is 25.2. The monoisotopic (exact) mass is 592 g/mol. The van der Waals surface area contributed by atoms with Gasteiger partial charge in [0, 0.05) is 39.3 Å². The first-order chi connectivity index (χ1) is 19.5. The van der Waals surface area contributed by atoms with Crippen molar-refractivity contribution in [3.63, 3.8) is 0 Å². The highest BCUT2D eigenvalue weighted by molar-refractivity contribution is 7.91. The van der Waals surface area contributed by atoms with Crippen LogP contribution in [0.15, 0.2) is 58.3 Å². The number of morpholine rings is 2. The molecule has 2 aliphatic heterocycles. The van der Waals surface area contributed by atoms with Crippen molar-refractivity contribution in [3.05, 3.63) is 48.5 Å². The van der Waals surface area contributed by atoms with Gasteiger partial charge in [0.25, 0.3) is 0 Å². The molecular weight excluding hydrogens is 548 g/mol. The quantitative estimate of drug-likeness (QED) is 0.380. The summed E-state index contributed by atoms with van der Waals surface area (Å²) in [6, 6.07) is 12.3. The Bertz CT molecular complexity index is 1090. The molecule has 2 aromatic rings. The zero-order chi connectivity index (χ0) is 29.6. The van der Waals surface area contributed by atoms with E-state index < -0.39 is 22.0 Å². The fourth-order valence-electron chi connectivity index (χ4n) is 5.52. The van der Waals surface area contributed by atoms with Crippen molar-refractivity contribution >= 4 is 9.84 Å². The van der Waals surface area contributed by atoms with E-state index in [1.165, 1.54) is 24.3 Å². The summed E-state index contributed by atoms with van der Waals surface area (Å²) in [4.78, 5) is 4.60. The maximum absolute atomic E-state index is 13.1. The Morgan fingerprint density at radius 2 is 1.00 bits per heavy atom. The first-order valence-corrected chi connectivity index (χ1v) is 15.8. The van der Waals surface area contributed by atoms with Crippen LogP contribution in [0.1, 0.15) is 27.7 Å². The summed E-state index contributed by atoms with van der Waals surface area (Å²) in [5.41, 5.74) is 0. The van der Waals surface area contributed by atoms with E-state index in [4.69, 9.17) is 18.9 Å². The van der Waals surface area contributed by atoms with Crippen molar-refractivity contribution in [1.82, 2.24) is 9.80 Å². The second-order valence-electron chi connectivity index (χ2n) is 11.3. The molecule has 6 atom stereocenters. The van der Waals surface area contributed by atoms with Gasteiger partial charge in [-0.3, -0.25) is 9.80 Å². The molecular formula is C30H44N2O8S. The molecule has 228 valence electrons. The molecule has 0 aliphatic carbocycles. The van der Waals surface area contributed by atoms with Crippen molar-refractivity contribution in [2.75, 3.05) is 52.5 Å². The summed E-state index contributed by atoms with van der Waals surface area (Å²) in [6.07, 6.45) is -0.865. The number of benzene rings is 2. The number of rotatable bonds is 12. The van der Waals surface area contributed by atoms with Crippen molar-refractivity contribution in [1.29, 1.82) is 0 Å². The molecule has 4 rings (SSSR count). The van der Waals surface area contributed by atoms with Crippen LogP contribution in [0.2, 0.25) is 0 Å². The molecule has 2 heterocycles. The molecule has 0 amide bonds. The SMILES string of the molecule is C[C@@H]1CN(C[C@H](O)COc2ccc(S(=O)(=O)c3ccc(OC[C@H](O)CN4C[C@@H](C)O[C@@H](C)C4)cc3)cc2)C[C@@H](C)O1. The Morgan fingerprint density at radius 3 is 1.32 bits per heavy atom. The van der Waals surface area contributed by atoms with Gasteiger partial charge in [-0.15, -0.1) is 0 Å².